The van der Waals surface area contributed by atoms with Crippen molar-refractivity contribution in [2.75, 3.05) is 7.11 Å². The maximum Gasteiger partial charge on any atom is 0.432 e. The number of rotatable bonds is 10. The lowest BCUT2D eigenvalue weighted by Gasteiger charge is -2.41. The van der Waals surface area contributed by atoms with Gasteiger partial charge in [-0.3, -0.25) is 14.4 Å². The van der Waals surface area contributed by atoms with Crippen LogP contribution in [0.3, 0.4) is 0 Å². The molecule has 0 aromatic heterocycles. The first kappa shape index (κ1) is 38.6. The molecule has 0 spiro atoms. The van der Waals surface area contributed by atoms with E-state index in [9.17, 15) is 32.3 Å². The number of esters is 4. The zero-order valence-corrected chi connectivity index (χ0v) is 29.0. The lowest BCUT2D eigenvalue weighted by atomic mass is 9.73. The monoisotopic (exact) mass is 708 g/mol. The van der Waals surface area contributed by atoms with E-state index in [2.05, 4.69) is 6.58 Å². The summed E-state index contributed by atoms with van der Waals surface area (Å²) < 4.78 is 83.7. The summed E-state index contributed by atoms with van der Waals surface area (Å²) in [4.78, 5) is 50.5. The normalized spacial score (nSPS) is 28.5. The predicted molar refractivity (Wildman–Crippen MR) is 170 cm³/mol. The second kappa shape index (κ2) is 15.0. The average Bonchev–Trinajstić information content (AvgIpc) is 3.68. The molecule has 1 saturated carbocycles. The smallest absolute Gasteiger partial charge is 0.432 e. The van der Waals surface area contributed by atoms with Gasteiger partial charge in [0.05, 0.1) is 17.8 Å². The summed E-state index contributed by atoms with van der Waals surface area (Å²) in [5.41, 5.74) is -3.43. The highest BCUT2D eigenvalue weighted by atomic mass is 19.4. The van der Waals surface area contributed by atoms with Crippen molar-refractivity contribution < 1.29 is 65.5 Å². The van der Waals surface area contributed by atoms with Crippen LogP contribution >= 0.6 is 0 Å². The Morgan fingerprint density at radius 2 is 1.62 bits per heavy atom. The summed E-state index contributed by atoms with van der Waals surface area (Å²) in [5, 5.41) is 0. The van der Waals surface area contributed by atoms with E-state index in [0.717, 1.165) is 24.8 Å². The van der Waals surface area contributed by atoms with E-state index in [4.69, 9.17) is 33.2 Å². The summed E-state index contributed by atoms with van der Waals surface area (Å²) in [6, 6.07) is 6.44. The number of carbonyl (C=O) groups excluding carboxylic acids is 4. The van der Waals surface area contributed by atoms with Crippen LogP contribution in [0.25, 0.3) is 0 Å². The minimum atomic E-state index is -5.21. The standard InChI is InChI=1S/C36H43F3O11/c1-19(2)16-27(46-21(4)40)30(47-22(5)41)26-18-45-32(48-23(6)42)29-20(3)17-28(31-34(7,50-31)15-14-25(26)29)49-33(43)35(44-8,36(37,38)39)24-12-10-9-11-13-24/h9-13,16,18,25,27-32H,3,14-15,17H2,1-2,4-8H3/t25-,27+,28-,29+,30-,31+,32-,34+,35-/m1/s1. The highest BCUT2D eigenvalue weighted by molar-refractivity contribution is 5.83. The van der Waals surface area contributed by atoms with Crippen molar-refractivity contribution in [1.82, 2.24) is 0 Å². The number of epoxide rings is 1. The van der Waals surface area contributed by atoms with Gasteiger partial charge in [0.15, 0.2) is 12.2 Å². The van der Waals surface area contributed by atoms with E-state index in [0.29, 0.717) is 11.1 Å². The summed E-state index contributed by atoms with van der Waals surface area (Å²) in [5.74, 6) is -5.19. The van der Waals surface area contributed by atoms with Gasteiger partial charge in [0.2, 0.25) is 6.29 Å². The third-order valence-electron chi connectivity index (χ3n) is 9.09. The van der Waals surface area contributed by atoms with Crippen LogP contribution in [0.5, 0.6) is 0 Å². The number of halogens is 3. The number of alkyl halides is 3. The molecule has 2 aliphatic heterocycles. The maximum absolute atomic E-state index is 14.7. The van der Waals surface area contributed by atoms with Crippen LogP contribution in [-0.4, -0.2) is 73.5 Å². The molecule has 0 radical (unpaired) electrons. The number of ether oxygens (including phenoxy) is 7. The highest BCUT2D eigenvalue weighted by Crippen LogP contribution is 2.53. The molecule has 1 aromatic carbocycles. The molecule has 11 nitrogen and oxygen atoms in total. The Morgan fingerprint density at radius 3 is 2.16 bits per heavy atom. The zero-order valence-electron chi connectivity index (χ0n) is 29.0. The van der Waals surface area contributed by atoms with Crippen LogP contribution in [0.4, 0.5) is 13.2 Å². The first-order valence-corrected chi connectivity index (χ1v) is 16.1. The average molecular weight is 709 g/mol. The molecule has 3 aliphatic rings. The number of methoxy groups -OCH3 is 1. The number of hydrogen-bond donors (Lipinski definition) is 0. The molecule has 14 heteroatoms. The molecule has 0 N–H and O–H groups in total. The molecular weight excluding hydrogens is 665 g/mol. The van der Waals surface area contributed by atoms with Gasteiger partial charge in [-0.1, -0.05) is 48.1 Å². The van der Waals surface area contributed by atoms with E-state index >= 15 is 0 Å². The lowest BCUT2D eigenvalue weighted by Crippen LogP contribution is -2.53. The molecule has 1 aromatic rings. The van der Waals surface area contributed by atoms with Crippen LogP contribution < -0.4 is 0 Å². The summed E-state index contributed by atoms with van der Waals surface area (Å²) in [6.45, 7) is 13.1. The Morgan fingerprint density at radius 1 is 0.980 bits per heavy atom. The fourth-order valence-electron chi connectivity index (χ4n) is 6.87. The minimum absolute atomic E-state index is 0.215. The van der Waals surface area contributed by atoms with E-state index < -0.39 is 89.4 Å². The van der Waals surface area contributed by atoms with Crippen molar-refractivity contribution in [2.45, 2.75) is 109 Å². The fourth-order valence-corrected chi connectivity index (χ4v) is 6.87. The number of carbonyl (C=O) groups is 4. The molecule has 2 fully saturated rings. The Hall–Kier alpha value is -4.17. The quantitative estimate of drug-likeness (QED) is 0.127. The van der Waals surface area contributed by atoms with E-state index in [1.165, 1.54) is 45.2 Å². The maximum atomic E-state index is 14.7. The molecule has 50 heavy (non-hydrogen) atoms. The van der Waals surface area contributed by atoms with Gasteiger partial charge in [0.1, 0.15) is 12.2 Å². The molecule has 4 rings (SSSR count). The third-order valence-corrected chi connectivity index (χ3v) is 9.09. The number of fused-ring (bicyclic) bond motifs is 2. The van der Waals surface area contributed by atoms with Crippen LogP contribution in [0.1, 0.15) is 66.4 Å². The first-order chi connectivity index (χ1) is 23.3. The molecule has 274 valence electrons. The Bertz CT molecular complexity index is 1530. The first-order valence-electron chi connectivity index (χ1n) is 16.1. The third kappa shape index (κ3) is 8.07. The Balaban J connectivity index is 1.77. The van der Waals surface area contributed by atoms with Crippen molar-refractivity contribution in [3.63, 3.8) is 0 Å². The van der Waals surface area contributed by atoms with Gasteiger partial charge in [-0.25, -0.2) is 4.79 Å². The minimum Gasteiger partial charge on any atom is -0.462 e. The highest BCUT2D eigenvalue weighted by Gasteiger charge is 2.66. The van der Waals surface area contributed by atoms with Crippen LogP contribution in [0.2, 0.25) is 0 Å². The van der Waals surface area contributed by atoms with Gasteiger partial charge in [0.25, 0.3) is 5.60 Å². The van der Waals surface area contributed by atoms with Crippen molar-refractivity contribution >= 4 is 23.9 Å². The molecule has 0 amide bonds. The van der Waals surface area contributed by atoms with Gasteiger partial charge < -0.3 is 33.2 Å². The molecule has 1 aliphatic carbocycles. The largest absolute Gasteiger partial charge is 0.462 e. The van der Waals surface area contributed by atoms with E-state index in [-0.39, 0.29) is 19.3 Å². The van der Waals surface area contributed by atoms with Crippen LogP contribution in [-0.2, 0) is 57.9 Å². The van der Waals surface area contributed by atoms with E-state index in [1.807, 2.05) is 0 Å². The zero-order chi connectivity index (χ0) is 37.2. The van der Waals surface area contributed by atoms with Gasteiger partial charge in [0, 0.05) is 51.4 Å². The second-order valence-electron chi connectivity index (χ2n) is 13.2. The summed E-state index contributed by atoms with van der Waals surface area (Å²) >= 11 is 0. The summed E-state index contributed by atoms with van der Waals surface area (Å²) in [7, 11) is 0.779. The van der Waals surface area contributed by atoms with Crippen molar-refractivity contribution in [1.29, 1.82) is 0 Å². The summed E-state index contributed by atoms with van der Waals surface area (Å²) in [6.07, 6.45) is -7.51. The van der Waals surface area contributed by atoms with Gasteiger partial charge in [-0.2, -0.15) is 13.2 Å². The SMILES string of the molecule is C=C1C[C@@H](OC(=O)[C@](OC)(c2ccccc2)C(F)(F)F)[C@@H]2O[C@@]2(C)CC[C@@H]2C([C@@H](OC(C)=O)[C@H](C=C(C)C)OC(C)=O)=CO[C@H](OC(C)=O)[C@@H]12. The Labute approximate surface area is 288 Å². The van der Waals surface area contributed by atoms with Crippen LogP contribution in [0.15, 0.2) is 66.0 Å². The topological polar surface area (TPSA) is 136 Å². The van der Waals surface area contributed by atoms with E-state index in [1.54, 1.807) is 26.8 Å². The molecule has 1 saturated heterocycles. The number of benzene rings is 1. The van der Waals surface area contributed by atoms with Crippen molar-refractivity contribution in [2.24, 2.45) is 11.8 Å². The molecule has 2 heterocycles. The van der Waals surface area contributed by atoms with Crippen molar-refractivity contribution in [3.05, 3.63) is 71.5 Å². The predicted octanol–water partition coefficient (Wildman–Crippen LogP) is 5.77. The Kier molecular flexibility index (Phi) is 11.6. The van der Waals surface area contributed by atoms with Crippen LogP contribution in [0, 0.1) is 11.8 Å². The molecule has 0 bridgehead atoms. The molecule has 0 unspecified atom stereocenters. The lowest BCUT2D eigenvalue weighted by molar-refractivity contribution is -0.278. The van der Waals surface area contributed by atoms with Gasteiger partial charge in [-0.15, -0.1) is 0 Å². The van der Waals surface area contributed by atoms with Gasteiger partial charge >= 0.3 is 30.1 Å². The van der Waals surface area contributed by atoms with Crippen molar-refractivity contribution in [3.8, 4) is 0 Å². The molecular formula is C36H43F3O11. The van der Waals surface area contributed by atoms with Gasteiger partial charge in [-0.05, 0) is 39.7 Å². The fraction of sp³-hybridized carbons (Fsp3) is 0.556. The number of hydrogen-bond acceptors (Lipinski definition) is 11. The molecule has 9 atom stereocenters. The number of allylic oxidation sites excluding steroid dienone is 1. The second-order valence-corrected chi connectivity index (χ2v) is 13.2.